The summed E-state index contributed by atoms with van der Waals surface area (Å²) in [6.45, 7) is 1.91. The van der Waals surface area contributed by atoms with E-state index in [1.807, 2.05) is 0 Å². The van der Waals surface area contributed by atoms with Crippen LogP contribution in [0.2, 0.25) is 0 Å². The van der Waals surface area contributed by atoms with Crippen molar-refractivity contribution in [3.8, 4) is 5.75 Å². The fourth-order valence-corrected chi connectivity index (χ4v) is 4.07. The molecule has 2 heterocycles. The molecule has 2 amide bonds. The second-order valence-corrected chi connectivity index (χ2v) is 8.14. The van der Waals surface area contributed by atoms with E-state index in [1.165, 1.54) is 12.1 Å². The van der Waals surface area contributed by atoms with Crippen LogP contribution in [-0.4, -0.2) is 41.8 Å². The van der Waals surface area contributed by atoms with Crippen molar-refractivity contribution in [2.24, 2.45) is 11.7 Å². The van der Waals surface area contributed by atoms with Crippen LogP contribution in [0, 0.1) is 11.7 Å². The Morgan fingerprint density at radius 3 is 2.37 bits per heavy atom. The fourth-order valence-electron chi connectivity index (χ4n) is 4.07. The van der Waals surface area contributed by atoms with E-state index in [-0.39, 0.29) is 16.9 Å². The number of nitrogens with zero attached hydrogens (tertiary/aromatic N) is 1. The summed E-state index contributed by atoms with van der Waals surface area (Å²) >= 11 is 0. The molecule has 3 N–H and O–H groups in total. The lowest BCUT2D eigenvalue weighted by atomic mass is 9.76. The zero-order chi connectivity index (χ0) is 26.3. The number of benzene rings is 1. The second-order valence-electron chi connectivity index (χ2n) is 8.14. The Morgan fingerprint density at radius 1 is 1.23 bits per heavy atom. The molecule has 1 aromatic heterocycles. The van der Waals surface area contributed by atoms with E-state index in [0.29, 0.717) is 0 Å². The van der Waals surface area contributed by atoms with E-state index in [4.69, 9.17) is 15.2 Å². The average Bonchev–Trinajstić information content (AvgIpc) is 3.05. The normalized spacial score (nSPS) is 24.5. The van der Waals surface area contributed by atoms with Gasteiger partial charge in [0.15, 0.2) is 17.2 Å². The lowest BCUT2D eigenvalue weighted by molar-refractivity contribution is -0.272. The van der Waals surface area contributed by atoms with Crippen molar-refractivity contribution >= 4 is 17.5 Å². The lowest BCUT2D eigenvalue weighted by Gasteiger charge is -2.32. The fraction of sp³-hybridized carbons (Fsp3) is 0.409. The molecule has 0 bridgehead atoms. The van der Waals surface area contributed by atoms with E-state index in [1.54, 1.807) is 0 Å². The van der Waals surface area contributed by atoms with Gasteiger partial charge in [-0.1, -0.05) is 13.0 Å². The van der Waals surface area contributed by atoms with Crippen molar-refractivity contribution in [2.45, 2.75) is 44.1 Å². The Morgan fingerprint density at radius 2 is 1.89 bits per heavy atom. The molecule has 0 radical (unpaired) electrons. The molecule has 0 aliphatic carbocycles. The summed E-state index contributed by atoms with van der Waals surface area (Å²) in [6, 6.07) is 4.17. The smallest absolute Gasteiger partial charge is 0.417 e. The maximum absolute atomic E-state index is 14.8. The molecule has 13 heteroatoms. The van der Waals surface area contributed by atoms with Crippen LogP contribution in [0.25, 0.3) is 0 Å². The number of carbonyl (C=O) groups excluding carboxylic acids is 2. The molecule has 0 unspecified atom stereocenters. The van der Waals surface area contributed by atoms with Crippen molar-refractivity contribution in [3.63, 3.8) is 0 Å². The maximum Gasteiger partial charge on any atom is 0.417 e. The SMILES string of the molecule is COc1c([C@@H]2[C@@H](C(=O)Nc3ccc(C(N)=O)nc3)O[C@](C)(C(F)(F)F)[C@@H]2C)ccc(C(F)F)c1F. The molecule has 0 saturated carbocycles. The van der Waals surface area contributed by atoms with Gasteiger partial charge in [-0.05, 0) is 25.1 Å². The minimum atomic E-state index is -4.93. The molecular weight excluding hydrogens is 484 g/mol. The van der Waals surface area contributed by atoms with Crippen LogP contribution in [0.5, 0.6) is 5.75 Å². The molecule has 7 nitrogen and oxygen atoms in total. The van der Waals surface area contributed by atoms with Crippen LogP contribution >= 0.6 is 0 Å². The first kappa shape index (κ1) is 26.3. The van der Waals surface area contributed by atoms with E-state index < -0.39 is 65.1 Å². The largest absolute Gasteiger partial charge is 0.493 e. The summed E-state index contributed by atoms with van der Waals surface area (Å²) in [5.41, 5.74) is 0.920. The summed E-state index contributed by atoms with van der Waals surface area (Å²) in [7, 11) is 0.974. The highest BCUT2D eigenvalue weighted by atomic mass is 19.4. The van der Waals surface area contributed by atoms with E-state index >= 15 is 0 Å². The first-order valence-electron chi connectivity index (χ1n) is 10.2. The summed E-state index contributed by atoms with van der Waals surface area (Å²) < 4.78 is 93.2. The number of aromatic nitrogens is 1. The standard InChI is InChI=1S/C22H21F6N3O4/c1-9-14(11-5-6-12(18(24)25)15(23)16(11)34-3)17(35-21(9,2)22(26,27)28)20(33)31-10-4-7-13(19(29)32)30-8-10/h4-9,14,17-18H,1-3H3,(H2,29,32)(H,31,33)/t9-,14-,17+,21+/m1/s1. The van der Waals surface area contributed by atoms with Gasteiger partial charge in [-0.25, -0.2) is 18.2 Å². The molecule has 1 fully saturated rings. The Balaban J connectivity index is 2.07. The number of nitrogens with one attached hydrogen (secondary N) is 1. The van der Waals surface area contributed by atoms with Gasteiger partial charge in [0.05, 0.1) is 24.6 Å². The number of halogens is 6. The number of alkyl halides is 5. The number of carbonyl (C=O) groups is 2. The number of anilines is 1. The number of hydrogen-bond donors (Lipinski definition) is 2. The number of pyridine rings is 1. The van der Waals surface area contributed by atoms with Gasteiger partial charge in [0.25, 0.3) is 18.2 Å². The molecule has 190 valence electrons. The van der Waals surface area contributed by atoms with Crippen LogP contribution in [0.3, 0.4) is 0 Å². The lowest BCUT2D eigenvalue weighted by Crippen LogP contribution is -2.47. The molecule has 1 aromatic carbocycles. The molecule has 2 aromatic rings. The minimum Gasteiger partial charge on any atom is -0.493 e. The monoisotopic (exact) mass is 505 g/mol. The molecule has 1 aliphatic rings. The number of primary amides is 1. The minimum absolute atomic E-state index is 0.0156. The molecule has 0 spiro atoms. The number of rotatable bonds is 6. The molecule has 35 heavy (non-hydrogen) atoms. The van der Waals surface area contributed by atoms with Gasteiger partial charge in [0, 0.05) is 17.4 Å². The molecule has 1 aliphatic heterocycles. The van der Waals surface area contributed by atoms with Gasteiger partial charge in [-0.2, -0.15) is 13.2 Å². The Kier molecular flexibility index (Phi) is 7.02. The van der Waals surface area contributed by atoms with Crippen LogP contribution in [0.1, 0.15) is 47.8 Å². The van der Waals surface area contributed by atoms with E-state index in [9.17, 15) is 35.9 Å². The quantitative estimate of drug-likeness (QED) is 0.569. The third kappa shape index (κ3) is 4.64. The van der Waals surface area contributed by atoms with Crippen molar-refractivity contribution in [3.05, 3.63) is 53.1 Å². The predicted molar refractivity (Wildman–Crippen MR) is 111 cm³/mol. The van der Waals surface area contributed by atoms with Gasteiger partial charge in [0.2, 0.25) is 0 Å². The summed E-state index contributed by atoms with van der Waals surface area (Å²) in [4.78, 5) is 27.9. The number of methoxy groups -OCH3 is 1. The van der Waals surface area contributed by atoms with Crippen LogP contribution in [0.4, 0.5) is 32.0 Å². The third-order valence-electron chi connectivity index (χ3n) is 6.17. The van der Waals surface area contributed by atoms with Crippen LogP contribution in [0.15, 0.2) is 30.5 Å². The molecule has 4 atom stereocenters. The number of amides is 2. The summed E-state index contributed by atoms with van der Waals surface area (Å²) in [6.07, 6.45) is -8.89. The highest BCUT2D eigenvalue weighted by molar-refractivity contribution is 5.96. The van der Waals surface area contributed by atoms with Crippen LogP contribution in [-0.2, 0) is 9.53 Å². The summed E-state index contributed by atoms with van der Waals surface area (Å²) in [5, 5.41) is 2.34. The van der Waals surface area contributed by atoms with Gasteiger partial charge in [-0.3, -0.25) is 9.59 Å². The van der Waals surface area contributed by atoms with Gasteiger partial charge in [0.1, 0.15) is 11.8 Å². The topological polar surface area (TPSA) is 104 Å². The van der Waals surface area contributed by atoms with Crippen molar-refractivity contribution < 1.29 is 45.4 Å². The van der Waals surface area contributed by atoms with Crippen molar-refractivity contribution in [1.29, 1.82) is 0 Å². The number of hydrogen-bond acceptors (Lipinski definition) is 5. The van der Waals surface area contributed by atoms with Crippen LogP contribution < -0.4 is 15.8 Å². The molecule has 1 saturated heterocycles. The van der Waals surface area contributed by atoms with Gasteiger partial charge >= 0.3 is 6.18 Å². The number of nitrogens with two attached hydrogens (primary N) is 1. The van der Waals surface area contributed by atoms with E-state index in [2.05, 4.69) is 10.3 Å². The summed E-state index contributed by atoms with van der Waals surface area (Å²) in [5.74, 6) is -6.92. The van der Waals surface area contributed by atoms with Gasteiger partial charge in [-0.15, -0.1) is 0 Å². The Labute approximate surface area is 195 Å². The highest BCUT2D eigenvalue weighted by Gasteiger charge is 2.65. The molecule has 3 rings (SSSR count). The highest BCUT2D eigenvalue weighted by Crippen LogP contribution is 2.55. The predicted octanol–water partition coefficient (Wildman–Crippen LogP) is 4.34. The maximum atomic E-state index is 14.8. The Bertz CT molecular complexity index is 1130. The van der Waals surface area contributed by atoms with Gasteiger partial charge < -0.3 is 20.5 Å². The first-order chi connectivity index (χ1) is 16.2. The van der Waals surface area contributed by atoms with E-state index in [0.717, 1.165) is 39.3 Å². The Hall–Kier alpha value is -3.35. The third-order valence-corrected chi connectivity index (χ3v) is 6.17. The zero-order valence-electron chi connectivity index (χ0n) is 18.6. The second kappa shape index (κ2) is 9.36. The number of ether oxygens (including phenoxy) is 2. The average molecular weight is 505 g/mol. The zero-order valence-corrected chi connectivity index (χ0v) is 18.6. The van der Waals surface area contributed by atoms with Crippen molar-refractivity contribution in [1.82, 2.24) is 4.98 Å². The molecular formula is C22H21F6N3O4. The first-order valence-corrected chi connectivity index (χ1v) is 10.2. The van der Waals surface area contributed by atoms with Crippen molar-refractivity contribution in [2.75, 3.05) is 12.4 Å².